The topological polar surface area (TPSA) is 69.7 Å². The van der Waals surface area contributed by atoms with E-state index in [1.807, 2.05) is 6.07 Å². The summed E-state index contributed by atoms with van der Waals surface area (Å²) < 4.78 is 27.5. The molecule has 0 atom stereocenters. The minimum absolute atomic E-state index is 0.138. The van der Waals surface area contributed by atoms with Crippen LogP contribution in [-0.4, -0.2) is 51.9 Å². The van der Waals surface area contributed by atoms with Crippen molar-refractivity contribution in [2.45, 2.75) is 30.2 Å². The zero-order chi connectivity index (χ0) is 19.7. The second-order valence-electron chi connectivity index (χ2n) is 7.53. The van der Waals surface area contributed by atoms with Gasteiger partial charge in [0.2, 0.25) is 0 Å². The molecule has 2 aromatic rings. The van der Waals surface area contributed by atoms with Gasteiger partial charge in [-0.2, -0.15) is 0 Å². The highest BCUT2D eigenvalue weighted by molar-refractivity contribution is 7.92. The van der Waals surface area contributed by atoms with Gasteiger partial charge in [0, 0.05) is 18.2 Å². The smallest absolute Gasteiger partial charge is 0.264 e. The number of sulfonamides is 1. The Hall–Kier alpha value is -2.38. The lowest BCUT2D eigenvalue weighted by Crippen LogP contribution is -2.43. The summed E-state index contributed by atoms with van der Waals surface area (Å²) in [4.78, 5) is 15.2. The van der Waals surface area contributed by atoms with Gasteiger partial charge in [-0.15, -0.1) is 0 Å². The maximum absolute atomic E-state index is 13.0. The first-order chi connectivity index (χ1) is 13.4. The molecular weight excluding hydrogens is 374 g/mol. The number of nitrogens with zero attached hydrogens (tertiary/aromatic N) is 2. The number of carbonyl (C=O) groups is 1. The van der Waals surface area contributed by atoms with Crippen molar-refractivity contribution in [2.75, 3.05) is 31.0 Å². The van der Waals surface area contributed by atoms with Gasteiger partial charge in [0.1, 0.15) is 0 Å². The molecule has 0 aromatic heterocycles. The van der Waals surface area contributed by atoms with E-state index in [9.17, 15) is 13.2 Å². The first-order valence-electron chi connectivity index (χ1n) is 9.65. The molecule has 6 nitrogen and oxygen atoms in total. The van der Waals surface area contributed by atoms with Crippen LogP contribution in [0.4, 0.5) is 5.69 Å². The quantitative estimate of drug-likeness (QED) is 0.856. The van der Waals surface area contributed by atoms with Gasteiger partial charge in [-0.05, 0) is 69.2 Å². The van der Waals surface area contributed by atoms with Crippen LogP contribution in [-0.2, 0) is 16.4 Å². The number of amides is 1. The molecule has 0 spiro atoms. The largest absolute Gasteiger partial charge is 0.349 e. The van der Waals surface area contributed by atoms with Gasteiger partial charge in [-0.3, -0.25) is 9.10 Å². The summed E-state index contributed by atoms with van der Waals surface area (Å²) in [6.07, 6.45) is 2.52. The van der Waals surface area contributed by atoms with Gasteiger partial charge in [0.05, 0.1) is 10.6 Å². The Kier molecular flexibility index (Phi) is 5.12. The van der Waals surface area contributed by atoms with Crippen LogP contribution in [0, 0.1) is 0 Å². The monoisotopic (exact) mass is 399 g/mol. The summed E-state index contributed by atoms with van der Waals surface area (Å²) in [7, 11) is -1.55. The maximum atomic E-state index is 13.0. The summed E-state index contributed by atoms with van der Waals surface area (Å²) >= 11 is 0. The molecule has 0 unspecified atom stereocenters. The van der Waals surface area contributed by atoms with Crippen molar-refractivity contribution < 1.29 is 13.2 Å². The SMILES string of the molecule is CN1CCC(NC(=O)c2ccc3c(c2)N(S(=O)(=O)c2ccccc2)CC3)CC1. The Morgan fingerprint density at radius 1 is 1.04 bits per heavy atom. The molecule has 4 rings (SSSR count). The lowest BCUT2D eigenvalue weighted by molar-refractivity contribution is 0.0917. The van der Waals surface area contributed by atoms with E-state index in [1.165, 1.54) is 4.31 Å². The van der Waals surface area contributed by atoms with E-state index < -0.39 is 10.0 Å². The highest BCUT2D eigenvalue weighted by Gasteiger charge is 2.31. The zero-order valence-corrected chi connectivity index (χ0v) is 16.8. The molecule has 1 saturated heterocycles. The van der Waals surface area contributed by atoms with Gasteiger partial charge in [-0.1, -0.05) is 24.3 Å². The lowest BCUT2D eigenvalue weighted by atomic mass is 10.0. The predicted octanol–water partition coefficient (Wildman–Crippen LogP) is 2.26. The molecule has 1 fully saturated rings. The number of anilines is 1. The second kappa shape index (κ2) is 7.56. The minimum Gasteiger partial charge on any atom is -0.349 e. The van der Waals surface area contributed by atoms with Crippen molar-refractivity contribution in [1.29, 1.82) is 0 Å². The summed E-state index contributed by atoms with van der Waals surface area (Å²) in [5.41, 5.74) is 2.07. The van der Waals surface area contributed by atoms with Gasteiger partial charge in [0.25, 0.3) is 15.9 Å². The molecular formula is C21H25N3O3S. The normalized spacial score (nSPS) is 18.1. The molecule has 0 saturated carbocycles. The van der Waals surface area contributed by atoms with Crippen LogP contribution in [0.15, 0.2) is 53.4 Å². The van der Waals surface area contributed by atoms with Crippen LogP contribution in [0.1, 0.15) is 28.8 Å². The Balaban J connectivity index is 1.56. The number of hydrogen-bond donors (Lipinski definition) is 1. The molecule has 1 amide bonds. The standard InChI is InChI=1S/C21H25N3O3S/c1-23-12-10-18(11-13-23)22-21(25)17-8-7-16-9-14-24(20(16)15-17)28(26,27)19-5-3-2-4-6-19/h2-8,15,18H,9-14H2,1H3,(H,22,25). The Labute approximate surface area is 166 Å². The Morgan fingerprint density at radius 3 is 2.46 bits per heavy atom. The second-order valence-corrected chi connectivity index (χ2v) is 9.40. The summed E-state index contributed by atoms with van der Waals surface area (Å²) in [6.45, 7) is 2.34. The van der Waals surface area contributed by atoms with E-state index in [4.69, 9.17) is 0 Å². The van der Waals surface area contributed by atoms with E-state index >= 15 is 0 Å². The molecule has 0 aliphatic carbocycles. The average Bonchev–Trinajstić information content (AvgIpc) is 3.14. The van der Waals surface area contributed by atoms with E-state index in [0.29, 0.717) is 24.2 Å². The molecule has 28 heavy (non-hydrogen) atoms. The van der Waals surface area contributed by atoms with Crippen LogP contribution in [0.3, 0.4) is 0 Å². The molecule has 2 aliphatic rings. The minimum atomic E-state index is -3.63. The van der Waals surface area contributed by atoms with Gasteiger partial charge in [0.15, 0.2) is 0 Å². The first-order valence-corrected chi connectivity index (χ1v) is 11.1. The number of rotatable bonds is 4. The predicted molar refractivity (Wildman–Crippen MR) is 109 cm³/mol. The van der Waals surface area contributed by atoms with Gasteiger partial charge < -0.3 is 10.2 Å². The van der Waals surface area contributed by atoms with E-state index in [-0.39, 0.29) is 16.8 Å². The number of benzene rings is 2. The van der Waals surface area contributed by atoms with E-state index in [1.54, 1.807) is 42.5 Å². The van der Waals surface area contributed by atoms with Crippen molar-refractivity contribution in [3.63, 3.8) is 0 Å². The van der Waals surface area contributed by atoms with Crippen molar-refractivity contribution in [3.8, 4) is 0 Å². The fraction of sp³-hybridized carbons (Fsp3) is 0.381. The fourth-order valence-electron chi connectivity index (χ4n) is 3.88. The maximum Gasteiger partial charge on any atom is 0.264 e. The Morgan fingerprint density at radius 2 is 1.75 bits per heavy atom. The van der Waals surface area contributed by atoms with E-state index in [2.05, 4.69) is 17.3 Å². The zero-order valence-electron chi connectivity index (χ0n) is 16.0. The fourth-order valence-corrected chi connectivity index (χ4v) is 5.40. The number of likely N-dealkylation sites (tertiary alicyclic amines) is 1. The summed E-state index contributed by atoms with van der Waals surface area (Å²) in [6, 6.07) is 14.0. The van der Waals surface area contributed by atoms with Crippen LogP contribution < -0.4 is 9.62 Å². The number of fused-ring (bicyclic) bond motifs is 1. The molecule has 148 valence electrons. The molecule has 0 bridgehead atoms. The van der Waals surface area contributed by atoms with Gasteiger partial charge in [-0.25, -0.2) is 8.42 Å². The van der Waals surface area contributed by atoms with Crippen molar-refractivity contribution in [3.05, 3.63) is 59.7 Å². The van der Waals surface area contributed by atoms with Crippen LogP contribution in [0.5, 0.6) is 0 Å². The number of nitrogens with one attached hydrogen (secondary N) is 1. The lowest BCUT2D eigenvalue weighted by Gasteiger charge is -2.29. The number of hydrogen-bond acceptors (Lipinski definition) is 4. The average molecular weight is 400 g/mol. The van der Waals surface area contributed by atoms with Crippen LogP contribution >= 0.6 is 0 Å². The third kappa shape index (κ3) is 3.64. The molecule has 2 aromatic carbocycles. The third-order valence-electron chi connectivity index (χ3n) is 5.59. The highest BCUT2D eigenvalue weighted by atomic mass is 32.2. The third-order valence-corrected chi connectivity index (χ3v) is 7.41. The summed E-state index contributed by atoms with van der Waals surface area (Å²) in [5.74, 6) is -0.138. The van der Waals surface area contributed by atoms with Crippen molar-refractivity contribution in [1.82, 2.24) is 10.2 Å². The number of piperidine rings is 1. The van der Waals surface area contributed by atoms with Crippen LogP contribution in [0.25, 0.3) is 0 Å². The molecule has 0 radical (unpaired) electrons. The molecule has 7 heteroatoms. The molecule has 2 heterocycles. The van der Waals surface area contributed by atoms with Crippen LogP contribution in [0.2, 0.25) is 0 Å². The highest BCUT2D eigenvalue weighted by Crippen LogP contribution is 2.33. The molecule has 2 aliphatic heterocycles. The Bertz CT molecular complexity index is 968. The number of carbonyl (C=O) groups excluding carboxylic acids is 1. The summed E-state index contributed by atoms with van der Waals surface area (Å²) in [5, 5.41) is 3.10. The molecule has 1 N–H and O–H groups in total. The van der Waals surface area contributed by atoms with Gasteiger partial charge >= 0.3 is 0 Å². The van der Waals surface area contributed by atoms with Crippen molar-refractivity contribution in [2.24, 2.45) is 0 Å². The first kappa shape index (κ1) is 19.0. The van der Waals surface area contributed by atoms with E-state index in [0.717, 1.165) is 31.5 Å². The van der Waals surface area contributed by atoms with Crippen molar-refractivity contribution >= 4 is 21.6 Å².